The number of hydrogen-bond donors (Lipinski definition) is 2. The first-order valence-corrected chi connectivity index (χ1v) is 7.97. The van der Waals surface area contributed by atoms with Crippen molar-refractivity contribution in [2.24, 2.45) is 4.99 Å². The molecule has 24 heavy (non-hydrogen) atoms. The number of halogens is 1. The summed E-state index contributed by atoms with van der Waals surface area (Å²) in [6.45, 7) is 5.44. The third kappa shape index (κ3) is 6.03. The summed E-state index contributed by atoms with van der Waals surface area (Å²) >= 11 is 0. The van der Waals surface area contributed by atoms with E-state index in [9.17, 15) is 0 Å². The van der Waals surface area contributed by atoms with Crippen LogP contribution in [0.1, 0.15) is 31.0 Å². The third-order valence-electron chi connectivity index (χ3n) is 3.60. The Morgan fingerprint density at radius 2 is 1.75 bits per heavy atom. The van der Waals surface area contributed by atoms with Gasteiger partial charge in [-0.3, -0.25) is 4.99 Å². The molecule has 2 aromatic rings. The quantitative estimate of drug-likeness (QED) is 0.404. The van der Waals surface area contributed by atoms with Crippen molar-refractivity contribution < 1.29 is 4.74 Å². The van der Waals surface area contributed by atoms with Crippen molar-refractivity contribution in [1.82, 2.24) is 10.6 Å². The molecule has 0 radical (unpaired) electrons. The van der Waals surface area contributed by atoms with Crippen molar-refractivity contribution in [3.63, 3.8) is 0 Å². The highest BCUT2D eigenvalue weighted by atomic mass is 127. The fourth-order valence-electron chi connectivity index (χ4n) is 2.35. The first kappa shape index (κ1) is 20.3. The van der Waals surface area contributed by atoms with Crippen molar-refractivity contribution >= 4 is 29.9 Å². The van der Waals surface area contributed by atoms with Gasteiger partial charge < -0.3 is 15.4 Å². The molecule has 0 aliphatic carbocycles. The summed E-state index contributed by atoms with van der Waals surface area (Å²) < 4.78 is 5.65. The van der Waals surface area contributed by atoms with Crippen molar-refractivity contribution in [2.45, 2.75) is 26.4 Å². The number of ether oxygens (including phenoxy) is 1. The Morgan fingerprint density at radius 3 is 2.42 bits per heavy atom. The van der Waals surface area contributed by atoms with Crippen molar-refractivity contribution in [1.29, 1.82) is 0 Å². The van der Waals surface area contributed by atoms with Crippen LogP contribution in [0.4, 0.5) is 0 Å². The topological polar surface area (TPSA) is 45.6 Å². The van der Waals surface area contributed by atoms with Crippen LogP contribution in [0.5, 0.6) is 5.75 Å². The summed E-state index contributed by atoms with van der Waals surface area (Å²) in [6.07, 6.45) is 0. The Morgan fingerprint density at radius 1 is 1.08 bits per heavy atom. The lowest BCUT2D eigenvalue weighted by molar-refractivity contribution is 0.336. The van der Waals surface area contributed by atoms with E-state index in [4.69, 9.17) is 4.74 Å². The molecule has 0 heterocycles. The summed E-state index contributed by atoms with van der Waals surface area (Å²) in [5.41, 5.74) is 2.34. The summed E-state index contributed by atoms with van der Waals surface area (Å²) in [6, 6.07) is 18.6. The van der Waals surface area contributed by atoms with Crippen molar-refractivity contribution in [3.05, 3.63) is 65.7 Å². The zero-order chi connectivity index (χ0) is 16.5. The lowest BCUT2D eigenvalue weighted by Gasteiger charge is -2.19. The van der Waals surface area contributed by atoms with E-state index in [-0.39, 0.29) is 30.0 Å². The van der Waals surface area contributed by atoms with Crippen molar-refractivity contribution in [2.75, 3.05) is 13.7 Å². The number of aliphatic imine (C=N–C) groups is 1. The number of hydrogen-bond acceptors (Lipinski definition) is 2. The molecule has 0 spiro atoms. The summed E-state index contributed by atoms with van der Waals surface area (Å²) in [5.74, 6) is 1.68. The normalized spacial score (nSPS) is 12.0. The van der Waals surface area contributed by atoms with E-state index >= 15 is 0 Å². The average Bonchev–Trinajstić information content (AvgIpc) is 2.60. The predicted octanol–water partition coefficient (Wildman–Crippen LogP) is 4.13. The Hall–Kier alpha value is -1.76. The van der Waals surface area contributed by atoms with Crippen LogP contribution in [0.2, 0.25) is 0 Å². The second-order valence-electron chi connectivity index (χ2n) is 5.24. The highest BCUT2D eigenvalue weighted by Crippen LogP contribution is 2.17. The van der Waals surface area contributed by atoms with Gasteiger partial charge in [-0.25, -0.2) is 0 Å². The van der Waals surface area contributed by atoms with Crippen LogP contribution in [0.25, 0.3) is 0 Å². The minimum absolute atomic E-state index is 0. The van der Waals surface area contributed by atoms with Gasteiger partial charge in [0.1, 0.15) is 5.75 Å². The molecular formula is C19H26IN3O. The maximum absolute atomic E-state index is 5.65. The second kappa shape index (κ2) is 10.9. The minimum atomic E-state index is 0. The van der Waals surface area contributed by atoms with E-state index < -0.39 is 0 Å². The van der Waals surface area contributed by atoms with Crippen LogP contribution in [0.15, 0.2) is 59.6 Å². The standard InChI is InChI=1S/C19H25N3O.HI/c1-4-23-18-13-9-8-12-17(18)14-21-19(20-3)22-15(2)16-10-6-5-7-11-16;/h5-13,15H,4,14H2,1-3H3,(H2,20,21,22);1H. The monoisotopic (exact) mass is 439 g/mol. The molecule has 0 bridgehead atoms. The van der Waals surface area contributed by atoms with Gasteiger partial charge in [-0.1, -0.05) is 48.5 Å². The maximum Gasteiger partial charge on any atom is 0.191 e. The molecule has 2 N–H and O–H groups in total. The molecule has 0 fully saturated rings. The molecule has 130 valence electrons. The molecule has 0 aromatic heterocycles. The van der Waals surface area contributed by atoms with Crippen LogP contribution in [0, 0.1) is 0 Å². The first-order chi connectivity index (χ1) is 11.2. The first-order valence-electron chi connectivity index (χ1n) is 7.97. The summed E-state index contributed by atoms with van der Waals surface area (Å²) in [7, 11) is 1.78. The highest BCUT2D eigenvalue weighted by molar-refractivity contribution is 14.0. The molecule has 0 saturated heterocycles. The molecule has 0 saturated carbocycles. The number of nitrogens with zero attached hydrogens (tertiary/aromatic N) is 1. The Kier molecular flexibility index (Phi) is 9.22. The van der Waals surface area contributed by atoms with E-state index in [1.54, 1.807) is 7.05 Å². The van der Waals surface area contributed by atoms with Crippen molar-refractivity contribution in [3.8, 4) is 5.75 Å². The highest BCUT2D eigenvalue weighted by Gasteiger charge is 2.08. The molecule has 1 atom stereocenters. The van der Waals surface area contributed by atoms with Gasteiger partial charge in [-0.15, -0.1) is 24.0 Å². The van der Waals surface area contributed by atoms with Gasteiger partial charge in [0.15, 0.2) is 5.96 Å². The second-order valence-corrected chi connectivity index (χ2v) is 5.24. The molecule has 0 aliphatic heterocycles. The van der Waals surface area contributed by atoms with Gasteiger partial charge in [0.2, 0.25) is 0 Å². The number of benzene rings is 2. The molecule has 4 nitrogen and oxygen atoms in total. The summed E-state index contributed by atoms with van der Waals surface area (Å²) in [4.78, 5) is 4.30. The zero-order valence-corrected chi connectivity index (χ0v) is 16.8. The average molecular weight is 439 g/mol. The molecule has 2 rings (SSSR count). The fraction of sp³-hybridized carbons (Fsp3) is 0.316. The van der Waals surface area contributed by atoms with Crippen LogP contribution < -0.4 is 15.4 Å². The number of rotatable bonds is 6. The van der Waals surface area contributed by atoms with Crippen LogP contribution >= 0.6 is 24.0 Å². The Bertz CT molecular complexity index is 632. The molecule has 0 amide bonds. The van der Waals surface area contributed by atoms with Gasteiger partial charge in [0, 0.05) is 19.2 Å². The largest absolute Gasteiger partial charge is 0.494 e. The third-order valence-corrected chi connectivity index (χ3v) is 3.60. The van der Waals surface area contributed by atoms with Gasteiger partial charge in [-0.05, 0) is 25.5 Å². The van der Waals surface area contributed by atoms with E-state index in [1.807, 2.05) is 43.3 Å². The Labute approximate surface area is 161 Å². The van der Waals surface area contributed by atoms with E-state index in [0.29, 0.717) is 13.2 Å². The van der Waals surface area contributed by atoms with Crippen LogP contribution in [-0.2, 0) is 6.54 Å². The Balaban J connectivity index is 0.00000288. The summed E-state index contributed by atoms with van der Waals surface area (Å²) in [5, 5.41) is 6.75. The molecule has 2 aromatic carbocycles. The lowest BCUT2D eigenvalue weighted by atomic mass is 10.1. The smallest absolute Gasteiger partial charge is 0.191 e. The number of guanidine groups is 1. The van der Waals surface area contributed by atoms with Crippen LogP contribution in [-0.4, -0.2) is 19.6 Å². The molecule has 5 heteroatoms. The SMILES string of the molecule is CCOc1ccccc1CNC(=NC)NC(C)c1ccccc1.I. The molecule has 0 aliphatic rings. The zero-order valence-electron chi connectivity index (χ0n) is 14.5. The van der Waals surface area contributed by atoms with Gasteiger partial charge in [0.05, 0.1) is 12.6 Å². The van der Waals surface area contributed by atoms with Gasteiger partial charge in [-0.2, -0.15) is 0 Å². The maximum atomic E-state index is 5.65. The van der Waals surface area contributed by atoms with Gasteiger partial charge >= 0.3 is 0 Å². The fourth-order valence-corrected chi connectivity index (χ4v) is 2.35. The molecular weight excluding hydrogens is 413 g/mol. The number of para-hydroxylation sites is 1. The van der Waals surface area contributed by atoms with Crippen LogP contribution in [0.3, 0.4) is 0 Å². The van der Waals surface area contributed by atoms with E-state index in [0.717, 1.165) is 17.3 Å². The predicted molar refractivity (Wildman–Crippen MR) is 111 cm³/mol. The lowest BCUT2D eigenvalue weighted by Crippen LogP contribution is -2.38. The van der Waals surface area contributed by atoms with Gasteiger partial charge in [0.25, 0.3) is 0 Å². The van der Waals surface area contributed by atoms with E-state index in [2.05, 4.69) is 40.7 Å². The molecule has 1 unspecified atom stereocenters. The van der Waals surface area contributed by atoms with E-state index in [1.165, 1.54) is 5.56 Å². The minimum Gasteiger partial charge on any atom is -0.494 e. The number of nitrogens with one attached hydrogen (secondary N) is 2.